The van der Waals surface area contributed by atoms with Crippen molar-refractivity contribution in [2.75, 3.05) is 0 Å². The molecule has 1 atom stereocenters. The maximum atomic E-state index is 2.53. The summed E-state index contributed by atoms with van der Waals surface area (Å²) in [6.45, 7) is 19.3. The van der Waals surface area contributed by atoms with Gasteiger partial charge >= 0.3 is 0 Å². The summed E-state index contributed by atoms with van der Waals surface area (Å²) in [6.07, 6.45) is 13.6. The maximum Gasteiger partial charge on any atom is 0.192 e. The van der Waals surface area contributed by atoms with Crippen LogP contribution in [0.15, 0.2) is 41.2 Å². The molecule has 2 aromatic rings. The minimum Gasteiger partial charge on any atom is -0.144 e. The topological polar surface area (TPSA) is 0 Å². The van der Waals surface area contributed by atoms with Gasteiger partial charge in [-0.3, -0.25) is 0 Å². The first-order valence-corrected chi connectivity index (χ1v) is 13.6. The highest BCUT2D eigenvalue weighted by atomic mass is 32.1. The SMILES string of the molecule is CC(C)CCC(C)(C)C1C=CC([B]c2csc3cc4c(cc23)C(C)(C)CCC4(C)C)=CC1. The fourth-order valence-electron chi connectivity index (χ4n) is 5.57. The van der Waals surface area contributed by atoms with Crippen LogP contribution in [-0.4, -0.2) is 7.28 Å². The van der Waals surface area contributed by atoms with E-state index in [0.29, 0.717) is 11.3 Å². The Labute approximate surface area is 201 Å². The molecule has 0 amide bonds. The van der Waals surface area contributed by atoms with E-state index in [0.717, 1.165) is 12.3 Å². The minimum atomic E-state index is 0.261. The van der Waals surface area contributed by atoms with Crippen LogP contribution in [0.4, 0.5) is 0 Å². The van der Waals surface area contributed by atoms with Gasteiger partial charge in [-0.25, -0.2) is 0 Å². The summed E-state index contributed by atoms with van der Waals surface area (Å²) in [5, 5.41) is 3.80. The zero-order valence-electron chi connectivity index (χ0n) is 21.6. The first-order chi connectivity index (χ1) is 14.9. The van der Waals surface area contributed by atoms with Crippen LogP contribution in [0.3, 0.4) is 0 Å². The van der Waals surface area contributed by atoms with E-state index in [2.05, 4.69) is 98.4 Å². The summed E-state index contributed by atoms with van der Waals surface area (Å²) >= 11 is 1.91. The van der Waals surface area contributed by atoms with Crippen LogP contribution in [0, 0.1) is 17.3 Å². The quantitative estimate of drug-likeness (QED) is 0.391. The standard InChI is InChI=1S/C30H42BS/c1-20(2)13-14-28(3,4)21-9-11-22(12-10-21)31-26-19-32-27-18-25-24(17-23(26)27)29(5,6)15-16-30(25,7)8/h9,11-12,17-21H,10,13-16H2,1-8H3. The van der Waals surface area contributed by atoms with Crippen LogP contribution in [0.25, 0.3) is 10.1 Å². The predicted molar refractivity (Wildman–Crippen MR) is 146 cm³/mol. The second-order valence-electron chi connectivity index (χ2n) is 12.8. The molecule has 171 valence electrons. The van der Waals surface area contributed by atoms with Crippen molar-refractivity contribution in [3.8, 4) is 0 Å². The molecule has 2 aliphatic carbocycles. The van der Waals surface area contributed by atoms with Crippen molar-refractivity contribution < 1.29 is 0 Å². The average Bonchev–Trinajstić information content (AvgIpc) is 3.12. The molecule has 0 saturated heterocycles. The summed E-state index contributed by atoms with van der Waals surface area (Å²) in [6, 6.07) is 5.03. The van der Waals surface area contributed by atoms with E-state index in [9.17, 15) is 0 Å². The number of hydrogen-bond donors (Lipinski definition) is 0. The highest BCUT2D eigenvalue weighted by Crippen LogP contribution is 2.47. The Morgan fingerprint density at radius 3 is 2.31 bits per heavy atom. The molecule has 1 aromatic heterocycles. The fraction of sp³-hybridized carbons (Fsp3) is 0.600. The van der Waals surface area contributed by atoms with Gasteiger partial charge in [-0.1, -0.05) is 97.0 Å². The van der Waals surface area contributed by atoms with E-state index in [1.54, 1.807) is 11.1 Å². The van der Waals surface area contributed by atoms with Crippen LogP contribution < -0.4 is 5.46 Å². The van der Waals surface area contributed by atoms with Gasteiger partial charge in [-0.15, -0.1) is 11.3 Å². The molecule has 0 aliphatic heterocycles. The van der Waals surface area contributed by atoms with E-state index in [-0.39, 0.29) is 10.8 Å². The van der Waals surface area contributed by atoms with Gasteiger partial charge in [-0.05, 0) is 81.7 Å². The lowest BCUT2D eigenvalue weighted by molar-refractivity contribution is 0.221. The molecule has 0 fully saturated rings. The monoisotopic (exact) mass is 445 g/mol. The molecule has 1 heterocycles. The van der Waals surface area contributed by atoms with Crippen molar-refractivity contribution in [2.24, 2.45) is 17.3 Å². The second kappa shape index (κ2) is 8.50. The van der Waals surface area contributed by atoms with Gasteiger partial charge in [0.2, 0.25) is 0 Å². The van der Waals surface area contributed by atoms with Gasteiger partial charge in [0, 0.05) is 4.70 Å². The maximum absolute atomic E-state index is 2.53. The van der Waals surface area contributed by atoms with Crippen LogP contribution >= 0.6 is 11.3 Å². The summed E-state index contributed by atoms with van der Waals surface area (Å²) in [4.78, 5) is 0. The molecule has 1 unspecified atom stereocenters. The number of fused-ring (bicyclic) bond motifs is 2. The van der Waals surface area contributed by atoms with Gasteiger partial charge in [0.15, 0.2) is 7.28 Å². The summed E-state index contributed by atoms with van der Waals surface area (Å²) < 4.78 is 1.44. The van der Waals surface area contributed by atoms with E-state index in [1.807, 2.05) is 11.3 Å². The molecule has 1 radical (unpaired) electrons. The van der Waals surface area contributed by atoms with Gasteiger partial charge in [0.1, 0.15) is 0 Å². The highest BCUT2D eigenvalue weighted by Gasteiger charge is 2.37. The lowest BCUT2D eigenvalue weighted by Crippen LogP contribution is -2.33. The largest absolute Gasteiger partial charge is 0.192 e. The van der Waals surface area contributed by atoms with Crippen molar-refractivity contribution in [3.63, 3.8) is 0 Å². The summed E-state index contributed by atoms with van der Waals surface area (Å²) in [5.41, 5.74) is 6.80. The Morgan fingerprint density at radius 1 is 1.06 bits per heavy atom. The van der Waals surface area contributed by atoms with Crippen molar-refractivity contribution in [1.29, 1.82) is 0 Å². The number of allylic oxidation sites excluding steroid dienone is 4. The molecule has 0 bridgehead atoms. The molecule has 32 heavy (non-hydrogen) atoms. The molecule has 1 aromatic carbocycles. The first kappa shape index (κ1) is 23.9. The van der Waals surface area contributed by atoms with E-state index < -0.39 is 0 Å². The van der Waals surface area contributed by atoms with Gasteiger partial charge in [-0.2, -0.15) is 0 Å². The zero-order chi connectivity index (χ0) is 23.3. The van der Waals surface area contributed by atoms with Crippen molar-refractivity contribution in [2.45, 2.75) is 98.3 Å². The van der Waals surface area contributed by atoms with Crippen molar-refractivity contribution in [3.05, 3.63) is 52.3 Å². The van der Waals surface area contributed by atoms with Crippen LogP contribution in [0.5, 0.6) is 0 Å². The third-order valence-electron chi connectivity index (χ3n) is 8.40. The van der Waals surface area contributed by atoms with Crippen LogP contribution in [-0.2, 0) is 10.8 Å². The molecule has 0 N–H and O–H groups in total. The Bertz CT molecular complexity index is 1040. The molecule has 2 heteroatoms. The molecule has 0 nitrogen and oxygen atoms in total. The normalized spacial score (nSPS) is 22.2. The third-order valence-corrected chi connectivity index (χ3v) is 9.36. The molecule has 2 aliphatic rings. The number of benzene rings is 1. The van der Waals surface area contributed by atoms with Gasteiger partial charge in [0.05, 0.1) is 0 Å². The van der Waals surface area contributed by atoms with E-state index in [4.69, 9.17) is 0 Å². The molecule has 0 saturated carbocycles. The van der Waals surface area contributed by atoms with Gasteiger partial charge < -0.3 is 0 Å². The van der Waals surface area contributed by atoms with E-state index in [1.165, 1.54) is 46.7 Å². The summed E-state index contributed by atoms with van der Waals surface area (Å²) in [5.74, 6) is 1.43. The Kier molecular flexibility index (Phi) is 6.34. The lowest BCUT2D eigenvalue weighted by atomic mass is 9.59. The number of hydrogen-bond acceptors (Lipinski definition) is 1. The van der Waals surface area contributed by atoms with Crippen LogP contribution in [0.1, 0.15) is 98.6 Å². The van der Waals surface area contributed by atoms with Crippen molar-refractivity contribution in [1.82, 2.24) is 0 Å². The lowest BCUT2D eigenvalue weighted by Gasteiger charge is -2.42. The first-order valence-electron chi connectivity index (χ1n) is 12.7. The minimum absolute atomic E-state index is 0.261. The second-order valence-corrected chi connectivity index (χ2v) is 13.7. The molecule has 4 rings (SSSR count). The van der Waals surface area contributed by atoms with E-state index >= 15 is 0 Å². The zero-order valence-corrected chi connectivity index (χ0v) is 22.5. The smallest absolute Gasteiger partial charge is 0.144 e. The highest BCUT2D eigenvalue weighted by molar-refractivity contribution is 7.18. The molecular weight excluding hydrogens is 403 g/mol. The van der Waals surface area contributed by atoms with Crippen LogP contribution in [0.2, 0.25) is 0 Å². The molecule has 0 spiro atoms. The third kappa shape index (κ3) is 4.67. The Hall–Kier alpha value is -1.28. The predicted octanol–water partition coefficient (Wildman–Crippen LogP) is 8.50. The Balaban J connectivity index is 1.55. The summed E-state index contributed by atoms with van der Waals surface area (Å²) in [7, 11) is 2.42. The average molecular weight is 446 g/mol. The Morgan fingerprint density at radius 2 is 1.72 bits per heavy atom. The number of rotatable bonds is 6. The van der Waals surface area contributed by atoms with Gasteiger partial charge in [0.25, 0.3) is 0 Å². The number of thiophene rings is 1. The fourth-order valence-corrected chi connectivity index (χ4v) is 6.51. The molecular formula is C30H42BS. The van der Waals surface area contributed by atoms with Crippen molar-refractivity contribution >= 4 is 34.2 Å².